The minimum Gasteiger partial charge on any atom is -0.496 e. The molecule has 0 radical (unpaired) electrons. The molecule has 0 spiro atoms. The van der Waals surface area contributed by atoms with E-state index in [1.807, 2.05) is 12.1 Å². The van der Waals surface area contributed by atoms with Gasteiger partial charge in [-0.15, -0.1) is 11.3 Å². The Morgan fingerprint density at radius 2 is 2.23 bits per heavy atom. The van der Waals surface area contributed by atoms with Gasteiger partial charge in [0.15, 0.2) is 0 Å². The molecule has 0 aliphatic heterocycles. The number of amides is 1. The van der Waals surface area contributed by atoms with Crippen LogP contribution in [0, 0.1) is 5.92 Å². The van der Waals surface area contributed by atoms with E-state index in [0.717, 1.165) is 22.6 Å². The van der Waals surface area contributed by atoms with Crippen LogP contribution in [-0.4, -0.2) is 23.2 Å². The minimum absolute atomic E-state index is 0.136. The second kappa shape index (κ2) is 7.09. The number of benzene rings is 1. The van der Waals surface area contributed by atoms with Crippen LogP contribution in [0.3, 0.4) is 0 Å². The summed E-state index contributed by atoms with van der Waals surface area (Å²) in [5, 5.41) is 7.58. The van der Waals surface area contributed by atoms with Crippen molar-refractivity contribution < 1.29 is 14.1 Å². The van der Waals surface area contributed by atoms with Gasteiger partial charge in [-0.25, -0.2) is 0 Å². The first kappa shape index (κ1) is 17.1. The predicted molar refractivity (Wildman–Crippen MR) is 99.2 cm³/mol. The molecular formula is C18H16ClN3O3S. The van der Waals surface area contributed by atoms with Crippen molar-refractivity contribution in [1.82, 2.24) is 15.5 Å². The van der Waals surface area contributed by atoms with Crippen LogP contribution in [0.1, 0.15) is 17.7 Å². The number of carbonyl (C=O) groups is 1. The first-order valence-corrected chi connectivity index (χ1v) is 9.38. The molecule has 0 bridgehead atoms. The Balaban J connectivity index is 1.50. The Morgan fingerprint density at radius 3 is 3.00 bits per heavy atom. The van der Waals surface area contributed by atoms with Gasteiger partial charge in [-0.1, -0.05) is 16.8 Å². The highest BCUT2D eigenvalue weighted by Crippen LogP contribution is 2.34. The van der Waals surface area contributed by atoms with E-state index in [-0.39, 0.29) is 11.8 Å². The highest BCUT2D eigenvalue weighted by Gasteiger charge is 2.29. The van der Waals surface area contributed by atoms with E-state index >= 15 is 0 Å². The zero-order valence-corrected chi connectivity index (χ0v) is 15.6. The van der Waals surface area contributed by atoms with Crippen molar-refractivity contribution in [2.45, 2.75) is 19.4 Å². The molecular weight excluding hydrogens is 374 g/mol. The fourth-order valence-electron chi connectivity index (χ4n) is 2.53. The second-order valence-electron chi connectivity index (χ2n) is 6.03. The quantitative estimate of drug-likeness (QED) is 0.685. The van der Waals surface area contributed by atoms with Crippen LogP contribution < -0.4 is 10.1 Å². The Bertz CT molecular complexity index is 949. The molecule has 3 aromatic rings. The Hall–Kier alpha value is -2.38. The van der Waals surface area contributed by atoms with Gasteiger partial charge < -0.3 is 14.6 Å². The number of methoxy groups -OCH3 is 1. The van der Waals surface area contributed by atoms with Crippen molar-refractivity contribution in [1.29, 1.82) is 0 Å². The van der Waals surface area contributed by atoms with Crippen LogP contribution in [0.25, 0.3) is 22.2 Å². The number of hydrogen-bond donors (Lipinski definition) is 1. The van der Waals surface area contributed by atoms with Crippen LogP contribution >= 0.6 is 22.9 Å². The van der Waals surface area contributed by atoms with Gasteiger partial charge in [0.2, 0.25) is 11.7 Å². The highest BCUT2D eigenvalue weighted by atomic mass is 35.5. The molecule has 1 amide bonds. The molecule has 6 nitrogen and oxygen atoms in total. The monoisotopic (exact) mass is 389 g/mol. The van der Waals surface area contributed by atoms with E-state index in [2.05, 4.69) is 15.5 Å². The maximum atomic E-state index is 11.7. The molecule has 0 atom stereocenters. The lowest BCUT2D eigenvalue weighted by Crippen LogP contribution is -2.23. The zero-order valence-electron chi connectivity index (χ0n) is 14.0. The summed E-state index contributed by atoms with van der Waals surface area (Å²) in [6.45, 7) is 0.524. The molecule has 4 rings (SSSR count). The number of carbonyl (C=O) groups excluding carboxylic acids is 1. The SMILES string of the molecule is COc1cc(Cl)ccc1-c1nc(-c2ccc(CNC(=O)C3CC3)s2)no1. The normalized spacial score (nSPS) is 13.6. The molecule has 134 valence electrons. The fraction of sp³-hybridized carbons (Fsp3) is 0.278. The molecule has 1 aliphatic carbocycles. The summed E-state index contributed by atoms with van der Waals surface area (Å²) in [6.07, 6.45) is 2.00. The summed E-state index contributed by atoms with van der Waals surface area (Å²) < 4.78 is 10.7. The molecule has 0 unspecified atom stereocenters. The van der Waals surface area contributed by atoms with Crippen molar-refractivity contribution in [3.8, 4) is 27.9 Å². The number of nitrogens with zero attached hydrogens (tertiary/aromatic N) is 2. The molecule has 1 saturated carbocycles. The number of halogens is 1. The first-order valence-electron chi connectivity index (χ1n) is 8.18. The molecule has 2 aromatic heterocycles. The lowest BCUT2D eigenvalue weighted by Gasteiger charge is -2.04. The minimum atomic E-state index is 0.136. The highest BCUT2D eigenvalue weighted by molar-refractivity contribution is 7.15. The van der Waals surface area contributed by atoms with E-state index < -0.39 is 0 Å². The van der Waals surface area contributed by atoms with Gasteiger partial charge in [0, 0.05) is 15.8 Å². The maximum absolute atomic E-state index is 11.7. The zero-order chi connectivity index (χ0) is 18.1. The number of thiophene rings is 1. The maximum Gasteiger partial charge on any atom is 0.262 e. The molecule has 1 aromatic carbocycles. The third-order valence-corrected chi connectivity index (χ3v) is 5.40. The molecule has 2 heterocycles. The summed E-state index contributed by atoms with van der Waals surface area (Å²) in [6, 6.07) is 9.12. The number of nitrogens with one attached hydrogen (secondary N) is 1. The number of aromatic nitrogens is 2. The smallest absolute Gasteiger partial charge is 0.262 e. The van der Waals surface area contributed by atoms with Gasteiger partial charge >= 0.3 is 0 Å². The van der Waals surface area contributed by atoms with Crippen LogP contribution in [0.15, 0.2) is 34.9 Å². The largest absolute Gasteiger partial charge is 0.496 e. The number of rotatable bonds is 6. The van der Waals surface area contributed by atoms with Crippen LogP contribution in [0.2, 0.25) is 5.02 Å². The molecule has 26 heavy (non-hydrogen) atoms. The van der Waals surface area contributed by atoms with Crippen molar-refractivity contribution in [2.75, 3.05) is 7.11 Å². The van der Waals surface area contributed by atoms with E-state index in [9.17, 15) is 4.79 Å². The van der Waals surface area contributed by atoms with E-state index in [1.165, 1.54) is 11.3 Å². The third-order valence-electron chi connectivity index (χ3n) is 4.09. The summed E-state index contributed by atoms with van der Waals surface area (Å²) in [5.74, 6) is 1.79. The van der Waals surface area contributed by atoms with Gasteiger partial charge in [-0.05, 0) is 43.2 Å². The Labute approximate surface area is 159 Å². The summed E-state index contributed by atoms with van der Waals surface area (Å²) in [5.41, 5.74) is 0.684. The van der Waals surface area contributed by atoms with Crippen LogP contribution in [0.4, 0.5) is 0 Å². The van der Waals surface area contributed by atoms with Gasteiger partial charge in [-0.3, -0.25) is 4.79 Å². The number of hydrogen-bond acceptors (Lipinski definition) is 6. The van der Waals surface area contributed by atoms with Crippen molar-refractivity contribution >= 4 is 28.8 Å². The topological polar surface area (TPSA) is 77.2 Å². The van der Waals surface area contributed by atoms with Gasteiger partial charge in [0.25, 0.3) is 5.89 Å². The Morgan fingerprint density at radius 1 is 1.38 bits per heavy atom. The molecule has 0 saturated heterocycles. The van der Waals surface area contributed by atoms with Crippen molar-refractivity contribution in [3.63, 3.8) is 0 Å². The first-order chi connectivity index (χ1) is 12.6. The molecule has 8 heteroatoms. The third kappa shape index (κ3) is 3.59. The van der Waals surface area contributed by atoms with E-state index in [4.69, 9.17) is 20.9 Å². The molecule has 1 N–H and O–H groups in total. The number of ether oxygens (including phenoxy) is 1. The van der Waals surface area contributed by atoms with Crippen molar-refractivity contribution in [2.24, 2.45) is 5.92 Å². The second-order valence-corrected chi connectivity index (χ2v) is 7.63. The summed E-state index contributed by atoms with van der Waals surface area (Å²) in [7, 11) is 1.56. The van der Waals surface area contributed by atoms with E-state index in [0.29, 0.717) is 34.6 Å². The average molecular weight is 390 g/mol. The summed E-state index contributed by atoms with van der Waals surface area (Å²) in [4.78, 5) is 18.1. The van der Waals surface area contributed by atoms with Gasteiger partial charge in [0.1, 0.15) is 5.75 Å². The van der Waals surface area contributed by atoms with Crippen LogP contribution in [-0.2, 0) is 11.3 Å². The molecule has 1 fully saturated rings. The lowest BCUT2D eigenvalue weighted by molar-refractivity contribution is -0.122. The predicted octanol–water partition coefficient (Wildman–Crippen LogP) is 4.15. The van der Waals surface area contributed by atoms with Gasteiger partial charge in [-0.2, -0.15) is 4.98 Å². The Kier molecular flexibility index (Phi) is 4.65. The van der Waals surface area contributed by atoms with E-state index in [1.54, 1.807) is 25.3 Å². The molecule has 1 aliphatic rings. The average Bonchev–Trinajstić information content (AvgIpc) is 3.20. The van der Waals surface area contributed by atoms with Crippen LogP contribution in [0.5, 0.6) is 5.75 Å². The fourth-order valence-corrected chi connectivity index (χ4v) is 3.57. The van der Waals surface area contributed by atoms with Crippen molar-refractivity contribution in [3.05, 3.63) is 40.2 Å². The summed E-state index contributed by atoms with van der Waals surface area (Å²) >= 11 is 7.52. The van der Waals surface area contributed by atoms with Gasteiger partial charge in [0.05, 0.1) is 24.1 Å². The lowest BCUT2D eigenvalue weighted by atomic mass is 10.2. The standard InChI is InChI=1S/C18H16ClN3O3S/c1-24-14-8-11(19)4-6-13(14)18-21-16(22-25-18)15-7-5-12(26-15)9-20-17(23)10-2-3-10/h4-8,10H,2-3,9H2,1H3,(H,20,23).